The number of fused-ring (bicyclic) bond motifs is 1. The standard InChI is InChI=1S/C21H28N2O2S/c1-4-23-12-6-8-19-13-17(10-11-21(19)23)15-22-26(24,25)20-9-5-7-18(14-20)16(2)3/h5,7,9-11,13-14,16,22H,4,6,8,12,15H2,1-3H3. The van der Waals surface area contributed by atoms with E-state index in [-0.39, 0.29) is 0 Å². The molecule has 2 aromatic rings. The lowest BCUT2D eigenvalue weighted by atomic mass is 9.99. The number of hydrogen-bond donors (Lipinski definition) is 1. The lowest BCUT2D eigenvalue weighted by Gasteiger charge is -2.30. The number of sulfonamides is 1. The fraction of sp³-hybridized carbons (Fsp3) is 0.429. The van der Waals surface area contributed by atoms with Gasteiger partial charge < -0.3 is 4.90 Å². The van der Waals surface area contributed by atoms with Gasteiger partial charge in [-0.05, 0) is 60.6 Å². The molecule has 0 saturated heterocycles. The molecule has 0 aromatic heterocycles. The highest BCUT2D eigenvalue weighted by Gasteiger charge is 2.18. The summed E-state index contributed by atoms with van der Waals surface area (Å²) in [5.74, 6) is 0.298. The SMILES string of the molecule is CCN1CCCc2cc(CNS(=O)(=O)c3cccc(C(C)C)c3)ccc21. The van der Waals surface area contributed by atoms with Gasteiger partial charge >= 0.3 is 0 Å². The largest absolute Gasteiger partial charge is 0.372 e. The molecule has 0 bridgehead atoms. The normalized spacial score (nSPS) is 14.5. The van der Waals surface area contributed by atoms with E-state index in [4.69, 9.17) is 0 Å². The maximum Gasteiger partial charge on any atom is 0.240 e. The summed E-state index contributed by atoms with van der Waals surface area (Å²) in [7, 11) is -3.51. The molecule has 4 nitrogen and oxygen atoms in total. The van der Waals surface area contributed by atoms with E-state index in [1.807, 2.05) is 18.2 Å². The van der Waals surface area contributed by atoms with Crippen LogP contribution in [-0.2, 0) is 23.0 Å². The lowest BCUT2D eigenvalue weighted by Crippen LogP contribution is -2.29. The van der Waals surface area contributed by atoms with E-state index in [9.17, 15) is 8.42 Å². The predicted octanol–water partition coefficient (Wildman–Crippen LogP) is 4.06. The lowest BCUT2D eigenvalue weighted by molar-refractivity contribution is 0.581. The van der Waals surface area contributed by atoms with E-state index < -0.39 is 10.0 Å². The molecule has 3 rings (SSSR count). The zero-order valence-electron chi connectivity index (χ0n) is 15.8. The van der Waals surface area contributed by atoms with E-state index in [0.29, 0.717) is 17.4 Å². The summed E-state index contributed by atoms with van der Waals surface area (Å²) in [6, 6.07) is 13.5. The first-order valence-corrected chi connectivity index (χ1v) is 10.9. The van der Waals surface area contributed by atoms with Crippen molar-refractivity contribution in [1.82, 2.24) is 4.72 Å². The van der Waals surface area contributed by atoms with Crippen molar-refractivity contribution in [1.29, 1.82) is 0 Å². The fourth-order valence-corrected chi connectivity index (χ4v) is 4.54. The van der Waals surface area contributed by atoms with Gasteiger partial charge in [0.2, 0.25) is 10.0 Å². The van der Waals surface area contributed by atoms with Crippen LogP contribution in [0.1, 0.15) is 49.8 Å². The molecule has 2 aromatic carbocycles. The number of nitrogens with zero attached hydrogens (tertiary/aromatic N) is 1. The number of hydrogen-bond acceptors (Lipinski definition) is 3. The van der Waals surface area contributed by atoms with Crippen molar-refractivity contribution in [3.05, 3.63) is 59.2 Å². The Hall–Kier alpha value is -1.85. The van der Waals surface area contributed by atoms with E-state index in [2.05, 4.69) is 42.5 Å². The summed E-state index contributed by atoms with van der Waals surface area (Å²) < 4.78 is 28.0. The Kier molecular flexibility index (Phi) is 5.68. The molecular formula is C21H28N2O2S. The summed E-state index contributed by atoms with van der Waals surface area (Å²) in [6.45, 7) is 8.71. The smallest absolute Gasteiger partial charge is 0.240 e. The van der Waals surface area contributed by atoms with Crippen molar-refractivity contribution in [2.75, 3.05) is 18.0 Å². The molecule has 26 heavy (non-hydrogen) atoms. The monoisotopic (exact) mass is 372 g/mol. The minimum atomic E-state index is -3.51. The van der Waals surface area contributed by atoms with Crippen molar-refractivity contribution < 1.29 is 8.42 Å². The summed E-state index contributed by atoms with van der Waals surface area (Å²) in [6.07, 6.45) is 2.21. The molecule has 140 valence electrons. The molecule has 1 aliphatic heterocycles. The second-order valence-corrected chi connectivity index (χ2v) is 8.96. The van der Waals surface area contributed by atoms with Gasteiger partial charge in [0.1, 0.15) is 0 Å². The Balaban J connectivity index is 1.75. The van der Waals surface area contributed by atoms with E-state index >= 15 is 0 Å². The number of aryl methyl sites for hydroxylation is 1. The third-order valence-electron chi connectivity index (χ3n) is 5.04. The molecule has 0 fully saturated rings. The third kappa shape index (κ3) is 4.10. The molecule has 0 radical (unpaired) electrons. The minimum Gasteiger partial charge on any atom is -0.372 e. The number of rotatable bonds is 6. The van der Waals surface area contributed by atoms with Gasteiger partial charge in [0, 0.05) is 25.3 Å². The van der Waals surface area contributed by atoms with Crippen LogP contribution in [0.4, 0.5) is 5.69 Å². The molecular weight excluding hydrogens is 344 g/mol. The van der Waals surface area contributed by atoms with Gasteiger partial charge in [0.05, 0.1) is 4.90 Å². The van der Waals surface area contributed by atoms with Gasteiger partial charge in [-0.25, -0.2) is 13.1 Å². The molecule has 1 aliphatic rings. The average molecular weight is 373 g/mol. The van der Waals surface area contributed by atoms with Gasteiger partial charge in [0.25, 0.3) is 0 Å². The average Bonchev–Trinajstić information content (AvgIpc) is 2.65. The van der Waals surface area contributed by atoms with Crippen LogP contribution in [0.25, 0.3) is 0 Å². The maximum absolute atomic E-state index is 12.6. The second-order valence-electron chi connectivity index (χ2n) is 7.20. The van der Waals surface area contributed by atoms with E-state index in [0.717, 1.165) is 37.1 Å². The van der Waals surface area contributed by atoms with Crippen molar-refractivity contribution in [2.45, 2.75) is 51.0 Å². The van der Waals surface area contributed by atoms with Crippen LogP contribution in [-0.4, -0.2) is 21.5 Å². The number of benzene rings is 2. The summed E-state index contributed by atoms with van der Waals surface area (Å²) >= 11 is 0. The molecule has 0 saturated carbocycles. The zero-order valence-corrected chi connectivity index (χ0v) is 16.6. The first kappa shape index (κ1) is 18.9. The van der Waals surface area contributed by atoms with Crippen LogP contribution in [0.3, 0.4) is 0 Å². The first-order chi connectivity index (χ1) is 12.4. The molecule has 1 heterocycles. The molecule has 0 unspecified atom stereocenters. The fourth-order valence-electron chi connectivity index (χ4n) is 3.47. The molecule has 0 amide bonds. The van der Waals surface area contributed by atoms with Gasteiger partial charge in [-0.2, -0.15) is 0 Å². The minimum absolute atomic E-state index is 0.298. The van der Waals surface area contributed by atoms with Crippen LogP contribution in [0.15, 0.2) is 47.4 Å². The maximum atomic E-state index is 12.6. The van der Waals surface area contributed by atoms with Crippen LogP contribution in [0.2, 0.25) is 0 Å². The Morgan fingerprint density at radius 1 is 1.15 bits per heavy atom. The van der Waals surface area contributed by atoms with Gasteiger partial charge in [-0.1, -0.05) is 38.1 Å². The molecule has 5 heteroatoms. The van der Waals surface area contributed by atoms with Gasteiger partial charge in [-0.15, -0.1) is 0 Å². The Morgan fingerprint density at radius 3 is 2.69 bits per heavy atom. The highest BCUT2D eigenvalue weighted by atomic mass is 32.2. The van der Waals surface area contributed by atoms with Crippen LogP contribution in [0.5, 0.6) is 0 Å². The molecule has 0 spiro atoms. The van der Waals surface area contributed by atoms with E-state index in [1.54, 1.807) is 12.1 Å². The van der Waals surface area contributed by atoms with E-state index in [1.165, 1.54) is 11.3 Å². The highest BCUT2D eigenvalue weighted by Crippen LogP contribution is 2.28. The Labute approximate surface area is 157 Å². The van der Waals surface area contributed by atoms with Gasteiger partial charge in [-0.3, -0.25) is 0 Å². The van der Waals surface area contributed by atoms with Crippen LogP contribution in [0, 0.1) is 0 Å². The van der Waals surface area contributed by atoms with Crippen molar-refractivity contribution in [2.24, 2.45) is 0 Å². The summed E-state index contributed by atoms with van der Waals surface area (Å²) in [4.78, 5) is 2.71. The van der Waals surface area contributed by atoms with Gasteiger partial charge in [0.15, 0.2) is 0 Å². The van der Waals surface area contributed by atoms with Crippen molar-refractivity contribution in [3.8, 4) is 0 Å². The Bertz CT molecular complexity index is 875. The molecule has 1 N–H and O–H groups in total. The van der Waals surface area contributed by atoms with Crippen LogP contribution < -0.4 is 9.62 Å². The molecule has 0 atom stereocenters. The number of anilines is 1. The Morgan fingerprint density at radius 2 is 1.96 bits per heavy atom. The van der Waals surface area contributed by atoms with Crippen molar-refractivity contribution in [3.63, 3.8) is 0 Å². The zero-order chi connectivity index (χ0) is 18.7. The highest BCUT2D eigenvalue weighted by molar-refractivity contribution is 7.89. The first-order valence-electron chi connectivity index (χ1n) is 9.37. The topological polar surface area (TPSA) is 49.4 Å². The van der Waals surface area contributed by atoms with Crippen LogP contribution >= 0.6 is 0 Å². The molecule has 0 aliphatic carbocycles. The third-order valence-corrected chi connectivity index (χ3v) is 6.44. The summed E-state index contributed by atoms with van der Waals surface area (Å²) in [5.41, 5.74) is 4.64. The summed E-state index contributed by atoms with van der Waals surface area (Å²) in [5, 5.41) is 0. The van der Waals surface area contributed by atoms with Crippen molar-refractivity contribution >= 4 is 15.7 Å². The second kappa shape index (κ2) is 7.80. The predicted molar refractivity (Wildman–Crippen MR) is 107 cm³/mol. The number of nitrogens with one attached hydrogen (secondary N) is 1. The quantitative estimate of drug-likeness (QED) is 0.832.